The first-order valence-electron chi connectivity index (χ1n) is 5.78. The van der Waals surface area contributed by atoms with Crippen LogP contribution in [0, 0.1) is 11.6 Å². The van der Waals surface area contributed by atoms with Gasteiger partial charge in [0, 0.05) is 22.9 Å². The second-order valence-corrected chi connectivity index (χ2v) is 4.21. The zero-order chi connectivity index (χ0) is 14.1. The summed E-state index contributed by atoms with van der Waals surface area (Å²) < 4.78 is 31.4. The Labute approximate surface area is 112 Å². The van der Waals surface area contributed by atoms with Crippen molar-refractivity contribution in [2.75, 3.05) is 5.73 Å². The SMILES string of the molecule is Nc1cccc(-c2nc(-c3cc(F)cc(F)c3)no2)c1. The third kappa shape index (κ3) is 2.35. The summed E-state index contributed by atoms with van der Waals surface area (Å²) >= 11 is 0. The fourth-order valence-corrected chi connectivity index (χ4v) is 1.81. The molecule has 3 aromatic rings. The van der Waals surface area contributed by atoms with Crippen LogP contribution in [-0.2, 0) is 0 Å². The molecular weight excluding hydrogens is 264 g/mol. The van der Waals surface area contributed by atoms with Crippen LogP contribution in [0.25, 0.3) is 22.8 Å². The number of nitrogens with zero attached hydrogens (tertiary/aromatic N) is 2. The van der Waals surface area contributed by atoms with Crippen LogP contribution in [0.5, 0.6) is 0 Å². The van der Waals surface area contributed by atoms with E-state index in [-0.39, 0.29) is 17.3 Å². The van der Waals surface area contributed by atoms with Crippen molar-refractivity contribution in [3.05, 3.63) is 54.1 Å². The molecule has 0 fully saturated rings. The van der Waals surface area contributed by atoms with Crippen molar-refractivity contribution < 1.29 is 13.3 Å². The first kappa shape index (κ1) is 12.3. The monoisotopic (exact) mass is 273 g/mol. The van der Waals surface area contributed by atoms with Gasteiger partial charge in [-0.15, -0.1) is 0 Å². The van der Waals surface area contributed by atoms with E-state index >= 15 is 0 Å². The van der Waals surface area contributed by atoms with Crippen LogP contribution in [0.3, 0.4) is 0 Å². The number of halogens is 2. The van der Waals surface area contributed by atoms with Crippen LogP contribution in [-0.4, -0.2) is 10.1 Å². The maximum absolute atomic E-state index is 13.2. The van der Waals surface area contributed by atoms with Crippen LogP contribution in [0.1, 0.15) is 0 Å². The predicted molar refractivity (Wildman–Crippen MR) is 69.5 cm³/mol. The van der Waals surface area contributed by atoms with Gasteiger partial charge < -0.3 is 10.3 Å². The van der Waals surface area contributed by atoms with E-state index in [4.69, 9.17) is 10.3 Å². The Morgan fingerprint density at radius 2 is 1.70 bits per heavy atom. The maximum atomic E-state index is 13.2. The van der Waals surface area contributed by atoms with Crippen LogP contribution in [0.15, 0.2) is 47.0 Å². The highest BCUT2D eigenvalue weighted by molar-refractivity contribution is 5.62. The number of benzene rings is 2. The lowest BCUT2D eigenvalue weighted by atomic mass is 10.2. The summed E-state index contributed by atoms with van der Waals surface area (Å²) in [7, 11) is 0. The van der Waals surface area contributed by atoms with Crippen molar-refractivity contribution in [2.45, 2.75) is 0 Å². The first-order valence-corrected chi connectivity index (χ1v) is 5.78. The molecule has 0 unspecified atom stereocenters. The molecule has 0 radical (unpaired) electrons. The molecule has 20 heavy (non-hydrogen) atoms. The Morgan fingerprint density at radius 3 is 2.40 bits per heavy atom. The van der Waals surface area contributed by atoms with Crippen molar-refractivity contribution in [1.82, 2.24) is 10.1 Å². The van der Waals surface area contributed by atoms with Crippen molar-refractivity contribution in [3.63, 3.8) is 0 Å². The molecule has 6 heteroatoms. The second-order valence-electron chi connectivity index (χ2n) is 4.21. The molecule has 0 aliphatic carbocycles. The van der Waals surface area contributed by atoms with Crippen molar-refractivity contribution in [2.24, 2.45) is 0 Å². The molecule has 1 aromatic heterocycles. The van der Waals surface area contributed by atoms with Crippen molar-refractivity contribution in [3.8, 4) is 22.8 Å². The fourth-order valence-electron chi connectivity index (χ4n) is 1.81. The molecule has 3 rings (SSSR count). The van der Waals surface area contributed by atoms with Gasteiger partial charge in [-0.1, -0.05) is 11.2 Å². The fraction of sp³-hybridized carbons (Fsp3) is 0. The summed E-state index contributed by atoms with van der Waals surface area (Å²) in [6.07, 6.45) is 0. The lowest BCUT2D eigenvalue weighted by molar-refractivity contribution is 0.432. The molecule has 4 nitrogen and oxygen atoms in total. The van der Waals surface area contributed by atoms with Gasteiger partial charge in [0.25, 0.3) is 5.89 Å². The Morgan fingerprint density at radius 1 is 0.950 bits per heavy atom. The highest BCUT2D eigenvalue weighted by Crippen LogP contribution is 2.24. The number of hydrogen-bond acceptors (Lipinski definition) is 4. The first-order chi connectivity index (χ1) is 9.61. The highest BCUT2D eigenvalue weighted by Gasteiger charge is 2.12. The van der Waals surface area contributed by atoms with Gasteiger partial charge in [-0.3, -0.25) is 0 Å². The van der Waals surface area contributed by atoms with Gasteiger partial charge in [0.1, 0.15) is 11.6 Å². The van der Waals surface area contributed by atoms with Crippen LogP contribution in [0.4, 0.5) is 14.5 Å². The number of aromatic nitrogens is 2. The summed E-state index contributed by atoms with van der Waals surface area (Å²) in [6.45, 7) is 0. The largest absolute Gasteiger partial charge is 0.399 e. The van der Waals surface area contributed by atoms with Gasteiger partial charge in [0.15, 0.2) is 0 Å². The molecule has 1 heterocycles. The van der Waals surface area contributed by atoms with E-state index in [1.54, 1.807) is 24.3 Å². The number of nitrogens with two attached hydrogens (primary N) is 1. The van der Waals surface area contributed by atoms with Crippen LogP contribution in [0.2, 0.25) is 0 Å². The standard InChI is InChI=1S/C14H9F2N3O/c15-10-4-9(5-11(16)7-10)13-18-14(20-19-13)8-2-1-3-12(17)6-8/h1-7H,17H2. The van der Waals surface area contributed by atoms with Crippen LogP contribution >= 0.6 is 0 Å². The van der Waals surface area contributed by atoms with E-state index in [2.05, 4.69) is 10.1 Å². The lowest BCUT2D eigenvalue weighted by Crippen LogP contribution is -1.87. The summed E-state index contributed by atoms with van der Waals surface area (Å²) in [5.41, 5.74) is 7.07. The van der Waals surface area contributed by atoms with Crippen molar-refractivity contribution in [1.29, 1.82) is 0 Å². The Kier molecular flexibility index (Phi) is 2.90. The van der Waals surface area contributed by atoms with Gasteiger partial charge in [-0.05, 0) is 30.3 Å². The van der Waals surface area contributed by atoms with Crippen molar-refractivity contribution >= 4 is 5.69 Å². The molecule has 0 spiro atoms. The number of anilines is 1. The molecule has 0 bridgehead atoms. The van der Waals surface area contributed by atoms with E-state index in [1.165, 1.54) is 0 Å². The molecule has 2 aromatic carbocycles. The van der Waals surface area contributed by atoms with E-state index < -0.39 is 11.6 Å². The zero-order valence-electron chi connectivity index (χ0n) is 10.2. The molecule has 0 aliphatic rings. The molecule has 2 N–H and O–H groups in total. The Balaban J connectivity index is 2.02. The van der Waals surface area contributed by atoms with Gasteiger partial charge in [-0.25, -0.2) is 8.78 Å². The molecule has 0 saturated heterocycles. The van der Waals surface area contributed by atoms with Gasteiger partial charge in [0.2, 0.25) is 5.82 Å². The minimum atomic E-state index is -0.699. The summed E-state index contributed by atoms with van der Waals surface area (Å²) in [5, 5.41) is 3.71. The molecule has 100 valence electrons. The van der Waals surface area contributed by atoms with Gasteiger partial charge in [-0.2, -0.15) is 4.98 Å². The number of hydrogen-bond donors (Lipinski definition) is 1. The van der Waals surface area contributed by atoms with Gasteiger partial charge in [0.05, 0.1) is 0 Å². The molecule has 0 atom stereocenters. The third-order valence-corrected chi connectivity index (χ3v) is 2.68. The highest BCUT2D eigenvalue weighted by atomic mass is 19.1. The topological polar surface area (TPSA) is 64.9 Å². The zero-order valence-corrected chi connectivity index (χ0v) is 10.2. The molecular formula is C14H9F2N3O. The van der Waals surface area contributed by atoms with Crippen LogP contribution < -0.4 is 5.73 Å². The predicted octanol–water partition coefficient (Wildman–Crippen LogP) is 3.26. The molecule has 0 saturated carbocycles. The van der Waals surface area contributed by atoms with E-state index in [0.717, 1.165) is 18.2 Å². The Bertz CT molecular complexity index is 750. The minimum absolute atomic E-state index is 0.112. The molecule has 0 aliphatic heterocycles. The average molecular weight is 273 g/mol. The summed E-state index contributed by atoms with van der Waals surface area (Å²) in [5.74, 6) is -1.05. The minimum Gasteiger partial charge on any atom is -0.399 e. The van der Waals surface area contributed by atoms with E-state index in [9.17, 15) is 8.78 Å². The number of rotatable bonds is 2. The summed E-state index contributed by atoms with van der Waals surface area (Å²) in [4.78, 5) is 4.11. The van der Waals surface area contributed by atoms with Gasteiger partial charge >= 0.3 is 0 Å². The number of nitrogen functional groups attached to an aromatic ring is 1. The Hall–Kier alpha value is -2.76. The average Bonchev–Trinajstić information content (AvgIpc) is 2.87. The smallest absolute Gasteiger partial charge is 0.258 e. The van der Waals surface area contributed by atoms with E-state index in [1.807, 2.05) is 0 Å². The lowest BCUT2D eigenvalue weighted by Gasteiger charge is -1.96. The van der Waals surface area contributed by atoms with E-state index in [0.29, 0.717) is 11.3 Å². The third-order valence-electron chi connectivity index (χ3n) is 2.68. The summed E-state index contributed by atoms with van der Waals surface area (Å²) in [6, 6.07) is 9.94. The normalized spacial score (nSPS) is 10.7. The maximum Gasteiger partial charge on any atom is 0.258 e. The quantitative estimate of drug-likeness (QED) is 0.728. The molecule has 0 amide bonds. The second kappa shape index (κ2) is 4.73.